The van der Waals surface area contributed by atoms with Gasteiger partial charge in [-0.1, -0.05) is 328 Å². The molecule has 0 spiro atoms. The van der Waals surface area contributed by atoms with Gasteiger partial charge in [-0.3, -0.25) is 18.6 Å². The summed E-state index contributed by atoms with van der Waals surface area (Å²) in [6, 6.07) is 0. The smallest absolute Gasteiger partial charge is 0.462 e. The van der Waals surface area contributed by atoms with Crippen molar-refractivity contribution < 1.29 is 37.6 Å². The van der Waals surface area contributed by atoms with Crippen molar-refractivity contribution in [2.45, 2.75) is 315 Å². The Kier molecular flexibility index (Phi) is 66.6. The van der Waals surface area contributed by atoms with E-state index in [1.54, 1.807) is 0 Å². The van der Waals surface area contributed by atoms with Gasteiger partial charge >= 0.3 is 19.8 Å². The van der Waals surface area contributed by atoms with Crippen molar-refractivity contribution in [2.75, 3.05) is 26.4 Å². The van der Waals surface area contributed by atoms with Gasteiger partial charge in [-0.15, -0.1) is 0 Å². The SMILES string of the molecule is CC/C=C\C/C=C\C/C=C\C/C=C\C/C=C\C/C=C\C/C=C\C/C=C\C/C=C\C/C=C\CCCCCCC(=O)OC(COC(=O)CCCCCCCCCCCCCCCCCCCCCCCCCCCCCCC)COP(=O)(O)OCCN. The van der Waals surface area contributed by atoms with Crippen LogP contribution < -0.4 is 5.73 Å². The molecule has 9 nitrogen and oxygen atoms in total. The van der Waals surface area contributed by atoms with E-state index in [2.05, 4.69) is 135 Å². The lowest BCUT2D eigenvalue weighted by atomic mass is 10.0. The third-order valence-electron chi connectivity index (χ3n) is 14.9. The third kappa shape index (κ3) is 69.4. The number of hydrogen-bond donors (Lipinski definition) is 2. The summed E-state index contributed by atoms with van der Waals surface area (Å²) in [5.74, 6) is -0.853. The Balaban J connectivity index is 3.98. The molecule has 0 rings (SSSR count). The predicted octanol–water partition coefficient (Wildman–Crippen LogP) is 23.1. The van der Waals surface area contributed by atoms with Gasteiger partial charge in [-0.25, -0.2) is 4.57 Å². The maximum Gasteiger partial charge on any atom is 0.472 e. The Hall–Kier alpha value is -3.59. The van der Waals surface area contributed by atoms with E-state index in [9.17, 15) is 19.0 Å². The molecule has 0 saturated heterocycles. The molecule has 0 aromatic carbocycles. The Morgan fingerprint density at radius 3 is 0.965 bits per heavy atom. The van der Waals surface area contributed by atoms with Crippen LogP contribution in [0.1, 0.15) is 309 Å². The highest BCUT2D eigenvalue weighted by Crippen LogP contribution is 2.43. The molecule has 0 aliphatic heterocycles. The molecule has 3 N–H and O–H groups in total. The van der Waals surface area contributed by atoms with Crippen molar-refractivity contribution in [1.82, 2.24) is 0 Å². The molecule has 2 unspecified atom stereocenters. The van der Waals surface area contributed by atoms with E-state index < -0.39 is 26.5 Å². The van der Waals surface area contributed by atoms with E-state index >= 15 is 0 Å². The first-order chi connectivity index (χ1) is 41.8. The van der Waals surface area contributed by atoms with Gasteiger partial charge in [0.05, 0.1) is 13.2 Å². The number of carbonyl (C=O) groups excluding carboxylic acids is 2. The second-order valence-corrected chi connectivity index (χ2v) is 24.5. The monoisotopic (exact) mass is 1200 g/mol. The standard InChI is InChI=1S/C75H130NO8P/c1-3-5-7-9-11-13-15-17-19-21-23-25-27-29-31-33-34-35-36-37-38-40-42-44-46-48-50-52-54-56-58-60-62-64-66-68-75(78)84-73(72-83-85(79,80)82-70-69-76)71-81-74(77)67-65-63-61-59-57-55-53-51-49-47-45-43-41-39-32-30-28-26-24-22-20-18-16-14-12-10-8-6-4-2/h5,7,11,13,17,19,23,25,29,31,34-35,37-38,42,44,48,50,54,56,73H,3-4,6,8-10,12,14-16,18,20-22,24,26-28,30,32-33,36,39-41,43,45-47,49,51-53,55,57-72,76H2,1-2H3,(H,79,80)/b7-5-,13-11-,19-17-,25-23-,31-29-,35-34-,38-37-,44-42-,50-48-,56-54-. The van der Waals surface area contributed by atoms with Crippen LogP contribution in [0.5, 0.6) is 0 Å². The quantitative estimate of drug-likeness (QED) is 0.0264. The molecule has 0 aromatic rings. The summed E-state index contributed by atoms with van der Waals surface area (Å²) < 4.78 is 33.1. The van der Waals surface area contributed by atoms with Crippen molar-refractivity contribution >= 4 is 19.8 Å². The molecule has 2 atom stereocenters. The van der Waals surface area contributed by atoms with Crippen molar-refractivity contribution in [2.24, 2.45) is 5.73 Å². The average Bonchev–Trinajstić information content (AvgIpc) is 3.52. The molecule has 0 radical (unpaired) electrons. The Morgan fingerprint density at radius 1 is 0.365 bits per heavy atom. The summed E-state index contributed by atoms with van der Waals surface area (Å²) in [5.41, 5.74) is 5.40. The van der Waals surface area contributed by atoms with Gasteiger partial charge in [0.1, 0.15) is 6.61 Å². The minimum absolute atomic E-state index is 0.0442. The molecule has 0 aliphatic carbocycles. The van der Waals surface area contributed by atoms with Crippen LogP contribution in [0.3, 0.4) is 0 Å². The summed E-state index contributed by atoms with van der Waals surface area (Å²) in [4.78, 5) is 35.3. The lowest BCUT2D eigenvalue weighted by Crippen LogP contribution is -2.29. The van der Waals surface area contributed by atoms with Gasteiger partial charge in [-0.2, -0.15) is 0 Å². The zero-order chi connectivity index (χ0) is 61.6. The number of rotatable bonds is 65. The number of hydrogen-bond acceptors (Lipinski definition) is 8. The number of esters is 2. The normalized spacial score (nSPS) is 13.7. The summed E-state index contributed by atoms with van der Waals surface area (Å²) in [6.07, 6.45) is 97.2. The van der Waals surface area contributed by atoms with Crippen LogP contribution in [0.4, 0.5) is 0 Å². The first-order valence-corrected chi connectivity index (χ1v) is 36.5. The minimum atomic E-state index is -4.41. The van der Waals surface area contributed by atoms with Crippen LogP contribution in [0.15, 0.2) is 122 Å². The number of phosphoric acid groups is 1. The molecule has 0 aliphatic rings. The molecule has 0 aromatic heterocycles. The van der Waals surface area contributed by atoms with Crippen molar-refractivity contribution in [3.63, 3.8) is 0 Å². The van der Waals surface area contributed by atoms with Gasteiger partial charge < -0.3 is 20.1 Å². The second kappa shape index (κ2) is 69.5. The summed E-state index contributed by atoms with van der Waals surface area (Å²) in [7, 11) is -4.41. The zero-order valence-corrected chi connectivity index (χ0v) is 55.7. The van der Waals surface area contributed by atoms with Crippen molar-refractivity contribution in [1.29, 1.82) is 0 Å². The van der Waals surface area contributed by atoms with Crippen LogP contribution in [0.25, 0.3) is 0 Å². The Bertz CT molecular complexity index is 1810. The fraction of sp³-hybridized carbons (Fsp3) is 0.707. The lowest BCUT2D eigenvalue weighted by molar-refractivity contribution is -0.161. The second-order valence-electron chi connectivity index (χ2n) is 23.0. The number of ether oxygens (including phenoxy) is 2. The summed E-state index contributed by atoms with van der Waals surface area (Å²) in [6.45, 7) is 3.63. The molecule has 0 bridgehead atoms. The van der Waals surface area contributed by atoms with E-state index in [0.717, 1.165) is 109 Å². The molecule has 85 heavy (non-hydrogen) atoms. The van der Waals surface area contributed by atoms with Gasteiger partial charge in [0.25, 0.3) is 0 Å². The molecular formula is C75H130NO8P. The largest absolute Gasteiger partial charge is 0.472 e. The highest BCUT2D eigenvalue weighted by molar-refractivity contribution is 7.47. The third-order valence-corrected chi connectivity index (χ3v) is 15.8. The van der Waals surface area contributed by atoms with Gasteiger partial charge in [0.15, 0.2) is 6.10 Å². The van der Waals surface area contributed by atoms with E-state index in [0.29, 0.717) is 6.42 Å². The molecule has 488 valence electrons. The summed E-state index contributed by atoms with van der Waals surface area (Å²) in [5, 5.41) is 0. The van der Waals surface area contributed by atoms with E-state index in [1.807, 2.05) is 0 Å². The number of nitrogens with two attached hydrogens (primary N) is 1. The van der Waals surface area contributed by atoms with Crippen LogP contribution in [0, 0.1) is 0 Å². The number of unbranched alkanes of at least 4 members (excludes halogenated alkanes) is 32. The lowest BCUT2D eigenvalue weighted by Gasteiger charge is -2.19. The van der Waals surface area contributed by atoms with Gasteiger partial charge in [0.2, 0.25) is 0 Å². The highest BCUT2D eigenvalue weighted by Gasteiger charge is 2.26. The minimum Gasteiger partial charge on any atom is -0.462 e. The maximum atomic E-state index is 12.8. The van der Waals surface area contributed by atoms with Crippen LogP contribution in [0.2, 0.25) is 0 Å². The predicted molar refractivity (Wildman–Crippen MR) is 367 cm³/mol. The van der Waals surface area contributed by atoms with Gasteiger partial charge in [0, 0.05) is 19.4 Å². The fourth-order valence-electron chi connectivity index (χ4n) is 9.73. The van der Waals surface area contributed by atoms with Gasteiger partial charge in [-0.05, 0) is 89.9 Å². The van der Waals surface area contributed by atoms with Crippen LogP contribution in [-0.2, 0) is 32.7 Å². The topological polar surface area (TPSA) is 134 Å². The number of allylic oxidation sites excluding steroid dienone is 20. The molecule has 0 saturated carbocycles. The molecule has 10 heteroatoms. The van der Waals surface area contributed by atoms with Crippen molar-refractivity contribution in [3.05, 3.63) is 122 Å². The number of carbonyl (C=O) groups is 2. The maximum absolute atomic E-state index is 12.8. The Morgan fingerprint density at radius 2 is 0.647 bits per heavy atom. The van der Waals surface area contributed by atoms with E-state index in [4.69, 9.17) is 24.3 Å². The highest BCUT2D eigenvalue weighted by atomic mass is 31.2. The fourth-order valence-corrected chi connectivity index (χ4v) is 10.5. The zero-order valence-electron chi connectivity index (χ0n) is 54.8. The summed E-state index contributed by atoms with van der Waals surface area (Å²) >= 11 is 0. The molecule has 0 heterocycles. The first kappa shape index (κ1) is 81.4. The average molecular weight is 1200 g/mol. The van der Waals surface area contributed by atoms with E-state index in [-0.39, 0.29) is 38.6 Å². The van der Waals surface area contributed by atoms with Crippen LogP contribution >= 0.6 is 7.82 Å². The Labute approximate surface area is 523 Å². The van der Waals surface area contributed by atoms with Crippen LogP contribution in [-0.4, -0.2) is 49.3 Å². The molecule has 0 amide bonds. The van der Waals surface area contributed by atoms with Crippen molar-refractivity contribution in [3.8, 4) is 0 Å². The molecule has 0 fully saturated rings. The first-order valence-electron chi connectivity index (χ1n) is 35.0. The number of phosphoric ester groups is 1. The molecular weight excluding hydrogens is 1070 g/mol. The van der Waals surface area contributed by atoms with E-state index in [1.165, 1.54) is 167 Å².